The highest BCUT2D eigenvalue weighted by atomic mass is 16.2. The van der Waals surface area contributed by atoms with Gasteiger partial charge in [-0.3, -0.25) is 33.6 Å². The van der Waals surface area contributed by atoms with Gasteiger partial charge in [0.05, 0.1) is 12.1 Å². The Hall–Kier alpha value is -4.93. The Bertz CT molecular complexity index is 1680. The Morgan fingerprint density at radius 1 is 0.611 bits per heavy atom. The first-order valence-electron chi connectivity index (χ1n) is 19.7. The number of hydrogen-bond donors (Lipinski definition) is 4. The minimum Gasteiger partial charge on any atom is -0.368 e. The maximum absolute atomic E-state index is 14.3. The molecular formula is C43H54N4O7. The highest BCUT2D eigenvalue weighted by molar-refractivity contribution is 6.09. The van der Waals surface area contributed by atoms with Crippen LogP contribution in [0.2, 0.25) is 0 Å². The number of primary amides is 1. The summed E-state index contributed by atoms with van der Waals surface area (Å²) in [5.74, 6) is -2.99. The summed E-state index contributed by atoms with van der Waals surface area (Å²) in [5, 5.41) is 8.37. The maximum atomic E-state index is 14.3. The fourth-order valence-corrected chi connectivity index (χ4v) is 7.65. The van der Waals surface area contributed by atoms with Gasteiger partial charge in [0.2, 0.25) is 23.6 Å². The molecule has 2 aromatic carbocycles. The van der Waals surface area contributed by atoms with Crippen molar-refractivity contribution in [3.05, 3.63) is 83.4 Å². The zero-order chi connectivity index (χ0) is 38.5. The van der Waals surface area contributed by atoms with Crippen LogP contribution in [-0.2, 0) is 35.2 Å². The predicted octanol–water partition coefficient (Wildman–Crippen LogP) is 4.84. The number of carbonyl (C=O) groups excluding carboxylic acids is 7. The molecule has 11 nitrogen and oxygen atoms in total. The standard InChI is InChI=1S/C43H54N4O7/c44-42(53)34-14-8-3-9-15-37(48)35(25-30-18-20-32(21-19-30)41(52)31-12-6-2-7-13-31)47-43(54)33(24-28-10-4-1-5-11-28)27-38(49)36(26-29-16-17-29)46-40(51)23-22-39(50)45-34/h2,6-7,12-13,18-23,28-29,33-36H,1,3-5,8-11,14-17,24-27H2,(H2,44,53)(H,45,50)(H,46,51)(H,47,54)/b23-22-/t33-,34+,35?,36+/m1/s1. The molecule has 1 aliphatic heterocycles. The summed E-state index contributed by atoms with van der Waals surface area (Å²) in [6.07, 6.45) is 12.3. The predicted molar refractivity (Wildman–Crippen MR) is 204 cm³/mol. The zero-order valence-electron chi connectivity index (χ0n) is 31.1. The van der Waals surface area contributed by atoms with Crippen LogP contribution in [0.1, 0.15) is 118 Å². The van der Waals surface area contributed by atoms with E-state index in [2.05, 4.69) is 16.0 Å². The molecule has 4 amide bonds. The fraction of sp³-hybridized carbons (Fsp3) is 0.512. The van der Waals surface area contributed by atoms with E-state index in [4.69, 9.17) is 5.73 Å². The van der Waals surface area contributed by atoms with Crippen LogP contribution >= 0.6 is 0 Å². The number of benzene rings is 2. The van der Waals surface area contributed by atoms with Crippen molar-refractivity contribution in [1.29, 1.82) is 0 Å². The lowest BCUT2D eigenvalue weighted by molar-refractivity contribution is -0.134. The van der Waals surface area contributed by atoms with Gasteiger partial charge in [0.25, 0.3) is 0 Å². The highest BCUT2D eigenvalue weighted by Gasteiger charge is 2.35. The molecule has 2 aromatic rings. The summed E-state index contributed by atoms with van der Waals surface area (Å²) in [6.45, 7) is 0. The van der Waals surface area contributed by atoms with E-state index in [1.807, 2.05) is 18.2 Å². The van der Waals surface area contributed by atoms with Gasteiger partial charge in [-0.1, -0.05) is 112 Å². The minimum absolute atomic E-state index is 0.0816. The molecule has 2 saturated carbocycles. The van der Waals surface area contributed by atoms with E-state index in [1.54, 1.807) is 36.4 Å². The van der Waals surface area contributed by atoms with Gasteiger partial charge in [-0.05, 0) is 49.5 Å². The van der Waals surface area contributed by atoms with Crippen molar-refractivity contribution in [2.45, 2.75) is 121 Å². The molecule has 288 valence electrons. The monoisotopic (exact) mass is 738 g/mol. The minimum atomic E-state index is -0.958. The lowest BCUT2D eigenvalue weighted by Gasteiger charge is -2.28. The first-order valence-corrected chi connectivity index (χ1v) is 19.7. The van der Waals surface area contributed by atoms with Crippen LogP contribution < -0.4 is 21.7 Å². The molecular weight excluding hydrogens is 684 g/mol. The van der Waals surface area contributed by atoms with E-state index in [1.165, 1.54) is 0 Å². The molecule has 0 aromatic heterocycles. The maximum Gasteiger partial charge on any atom is 0.244 e. The quantitative estimate of drug-likeness (QED) is 0.266. The van der Waals surface area contributed by atoms with E-state index in [-0.39, 0.29) is 60.8 Å². The van der Waals surface area contributed by atoms with E-state index in [9.17, 15) is 33.6 Å². The molecule has 1 unspecified atom stereocenters. The third kappa shape index (κ3) is 12.6. The third-order valence-electron chi connectivity index (χ3n) is 11.0. The Morgan fingerprint density at radius 2 is 1.22 bits per heavy atom. The molecule has 1 heterocycles. The second-order valence-electron chi connectivity index (χ2n) is 15.4. The molecule has 5 N–H and O–H groups in total. The summed E-state index contributed by atoms with van der Waals surface area (Å²) in [6, 6.07) is 13.4. The van der Waals surface area contributed by atoms with Gasteiger partial charge in [-0.15, -0.1) is 0 Å². The Labute approximate surface area is 317 Å². The number of Topliss-reactive ketones (excluding diaryl/α,β-unsaturated/α-hetero) is 2. The first kappa shape index (κ1) is 40.3. The zero-order valence-corrected chi connectivity index (χ0v) is 31.1. The highest BCUT2D eigenvalue weighted by Crippen LogP contribution is 2.35. The van der Waals surface area contributed by atoms with Crippen molar-refractivity contribution in [2.24, 2.45) is 23.5 Å². The summed E-state index contributed by atoms with van der Waals surface area (Å²) in [4.78, 5) is 92.8. The average Bonchev–Trinajstić information content (AvgIpc) is 4.00. The van der Waals surface area contributed by atoms with Gasteiger partial charge >= 0.3 is 0 Å². The fourth-order valence-electron chi connectivity index (χ4n) is 7.65. The summed E-state index contributed by atoms with van der Waals surface area (Å²) in [5.41, 5.74) is 7.39. The van der Waals surface area contributed by atoms with Gasteiger partial charge < -0.3 is 21.7 Å². The lowest BCUT2D eigenvalue weighted by atomic mass is 9.80. The van der Waals surface area contributed by atoms with Crippen LogP contribution in [0.5, 0.6) is 0 Å². The molecule has 54 heavy (non-hydrogen) atoms. The topological polar surface area (TPSA) is 182 Å². The van der Waals surface area contributed by atoms with Gasteiger partial charge in [0.1, 0.15) is 6.04 Å². The lowest BCUT2D eigenvalue weighted by Crippen LogP contribution is -2.47. The molecule has 0 saturated heterocycles. The first-order chi connectivity index (χ1) is 26.0. The normalized spacial score (nSPS) is 25.1. The van der Waals surface area contributed by atoms with Crippen molar-refractivity contribution in [3.8, 4) is 0 Å². The summed E-state index contributed by atoms with van der Waals surface area (Å²) < 4.78 is 0. The molecule has 3 aliphatic rings. The van der Waals surface area contributed by atoms with E-state index < -0.39 is 41.8 Å². The number of nitrogens with two attached hydrogens (primary N) is 1. The van der Waals surface area contributed by atoms with E-state index >= 15 is 0 Å². The molecule has 0 radical (unpaired) electrons. The smallest absolute Gasteiger partial charge is 0.244 e. The van der Waals surface area contributed by atoms with E-state index in [0.29, 0.717) is 43.2 Å². The summed E-state index contributed by atoms with van der Waals surface area (Å²) in [7, 11) is 0. The van der Waals surface area contributed by atoms with Crippen molar-refractivity contribution in [1.82, 2.24) is 16.0 Å². The van der Waals surface area contributed by atoms with Gasteiger partial charge in [0, 0.05) is 42.0 Å². The van der Waals surface area contributed by atoms with Crippen molar-refractivity contribution in [3.63, 3.8) is 0 Å². The number of amides is 4. The molecule has 2 aliphatic carbocycles. The number of carbonyl (C=O) groups is 7. The second kappa shape index (κ2) is 19.9. The molecule has 5 rings (SSSR count). The molecule has 4 atom stereocenters. The molecule has 0 bridgehead atoms. The molecule has 11 heteroatoms. The third-order valence-corrected chi connectivity index (χ3v) is 11.0. The van der Waals surface area contributed by atoms with Crippen LogP contribution in [0.15, 0.2) is 66.7 Å². The Balaban J connectivity index is 1.39. The second-order valence-corrected chi connectivity index (χ2v) is 15.4. The summed E-state index contributed by atoms with van der Waals surface area (Å²) >= 11 is 0. The molecule has 2 fully saturated rings. The van der Waals surface area contributed by atoms with E-state index in [0.717, 1.165) is 62.7 Å². The molecule has 0 spiro atoms. The van der Waals surface area contributed by atoms with Crippen molar-refractivity contribution in [2.75, 3.05) is 0 Å². The van der Waals surface area contributed by atoms with Gasteiger partial charge in [0.15, 0.2) is 17.3 Å². The Kier molecular flexibility index (Phi) is 14.9. The SMILES string of the molecule is NC(=O)[C@@H]1CCCCCC(=O)C(Cc2ccc(C(=O)c3ccccc3)cc2)NC(=O)[C@H](CC2CCCCC2)CC(=O)[C@H](CC2CC2)NC(=O)/C=C\C(=O)N1. The van der Waals surface area contributed by atoms with Crippen LogP contribution in [0.4, 0.5) is 0 Å². The number of ketones is 3. The van der Waals surface area contributed by atoms with Gasteiger partial charge in [-0.25, -0.2) is 0 Å². The van der Waals surface area contributed by atoms with Crippen LogP contribution in [0, 0.1) is 17.8 Å². The Morgan fingerprint density at radius 3 is 1.89 bits per heavy atom. The van der Waals surface area contributed by atoms with Gasteiger partial charge in [-0.2, -0.15) is 0 Å². The average molecular weight is 739 g/mol. The van der Waals surface area contributed by atoms with Crippen molar-refractivity contribution >= 4 is 41.0 Å². The number of hydrogen-bond acceptors (Lipinski definition) is 7. The van der Waals surface area contributed by atoms with Crippen LogP contribution in [0.3, 0.4) is 0 Å². The number of nitrogens with one attached hydrogen (secondary N) is 3. The largest absolute Gasteiger partial charge is 0.368 e. The number of rotatable bonds is 9. The van der Waals surface area contributed by atoms with Crippen molar-refractivity contribution < 1.29 is 33.6 Å². The van der Waals surface area contributed by atoms with Crippen LogP contribution in [-0.4, -0.2) is 59.1 Å². The van der Waals surface area contributed by atoms with Crippen LogP contribution in [0.25, 0.3) is 0 Å².